The second-order valence-electron chi connectivity index (χ2n) is 3.79. The lowest BCUT2D eigenvalue weighted by molar-refractivity contribution is 0.524. The van der Waals surface area contributed by atoms with Crippen LogP contribution in [0.2, 0.25) is 0 Å². The molecule has 1 unspecified atom stereocenters. The first-order chi connectivity index (χ1) is 7.24. The van der Waals surface area contributed by atoms with Gasteiger partial charge in [0.1, 0.15) is 5.76 Å². The first kappa shape index (κ1) is 12.7. The Morgan fingerprint density at radius 1 is 1.53 bits per heavy atom. The molecule has 0 saturated heterocycles. The second kappa shape index (κ2) is 6.96. The van der Waals surface area contributed by atoms with E-state index in [9.17, 15) is 0 Å². The molecule has 1 rings (SSSR count). The smallest absolute Gasteiger partial charge is 0.114 e. The highest BCUT2D eigenvalue weighted by molar-refractivity contribution is 7.99. The summed E-state index contributed by atoms with van der Waals surface area (Å²) in [5.74, 6) is 2.22. The van der Waals surface area contributed by atoms with Gasteiger partial charge in [-0.3, -0.25) is 0 Å². The summed E-state index contributed by atoms with van der Waals surface area (Å²) in [6.45, 7) is 7.48. The molecule has 0 radical (unpaired) electrons. The van der Waals surface area contributed by atoms with Crippen molar-refractivity contribution in [3.63, 3.8) is 0 Å². The van der Waals surface area contributed by atoms with E-state index in [4.69, 9.17) is 4.42 Å². The van der Waals surface area contributed by atoms with Gasteiger partial charge in [-0.05, 0) is 45.1 Å². The summed E-state index contributed by atoms with van der Waals surface area (Å²) >= 11 is 1.89. The Labute approximate surface area is 96.8 Å². The SMILES string of the molecule is CCNC(C)CCCSc1ccoc1C. The van der Waals surface area contributed by atoms with E-state index in [0.29, 0.717) is 6.04 Å². The Balaban J connectivity index is 2.09. The molecule has 2 nitrogen and oxygen atoms in total. The summed E-state index contributed by atoms with van der Waals surface area (Å²) < 4.78 is 5.25. The number of aryl methyl sites for hydroxylation is 1. The van der Waals surface area contributed by atoms with Gasteiger partial charge in [0.15, 0.2) is 0 Å². The van der Waals surface area contributed by atoms with Gasteiger partial charge in [-0.15, -0.1) is 11.8 Å². The minimum absolute atomic E-state index is 0.640. The monoisotopic (exact) mass is 227 g/mol. The number of furan rings is 1. The molecule has 0 aromatic carbocycles. The first-order valence-electron chi connectivity index (χ1n) is 5.64. The summed E-state index contributed by atoms with van der Waals surface area (Å²) in [5, 5.41) is 3.42. The summed E-state index contributed by atoms with van der Waals surface area (Å²) in [6, 6.07) is 2.69. The van der Waals surface area contributed by atoms with E-state index in [1.807, 2.05) is 24.8 Å². The zero-order valence-electron chi connectivity index (χ0n) is 9.88. The highest BCUT2D eigenvalue weighted by Gasteiger charge is 2.03. The molecular weight excluding hydrogens is 206 g/mol. The number of hydrogen-bond acceptors (Lipinski definition) is 3. The van der Waals surface area contributed by atoms with Crippen molar-refractivity contribution >= 4 is 11.8 Å². The normalized spacial score (nSPS) is 13.0. The Bertz CT molecular complexity index is 272. The minimum Gasteiger partial charge on any atom is -0.468 e. The molecule has 1 aromatic rings. The van der Waals surface area contributed by atoms with E-state index in [-0.39, 0.29) is 0 Å². The van der Waals surface area contributed by atoms with Gasteiger partial charge in [0.25, 0.3) is 0 Å². The van der Waals surface area contributed by atoms with Gasteiger partial charge < -0.3 is 9.73 Å². The molecule has 0 aliphatic heterocycles. The minimum atomic E-state index is 0.640. The average molecular weight is 227 g/mol. The number of hydrogen-bond donors (Lipinski definition) is 1. The predicted molar refractivity (Wildman–Crippen MR) is 66.5 cm³/mol. The fraction of sp³-hybridized carbons (Fsp3) is 0.667. The maximum absolute atomic E-state index is 5.25. The quantitative estimate of drug-likeness (QED) is 0.570. The number of rotatable bonds is 7. The average Bonchev–Trinajstić information content (AvgIpc) is 2.60. The highest BCUT2D eigenvalue weighted by Crippen LogP contribution is 2.24. The standard InChI is InChI=1S/C12H21NOS/c1-4-13-10(2)6-5-9-15-12-7-8-14-11(12)3/h7-8,10,13H,4-6,9H2,1-3H3. The molecule has 0 aliphatic carbocycles. The van der Waals surface area contributed by atoms with Crippen molar-refractivity contribution in [2.24, 2.45) is 0 Å². The lowest BCUT2D eigenvalue weighted by atomic mass is 10.2. The Morgan fingerprint density at radius 3 is 2.93 bits per heavy atom. The largest absolute Gasteiger partial charge is 0.468 e. The van der Waals surface area contributed by atoms with Crippen molar-refractivity contribution < 1.29 is 4.42 Å². The van der Waals surface area contributed by atoms with Crippen molar-refractivity contribution in [1.82, 2.24) is 5.32 Å². The fourth-order valence-corrected chi connectivity index (χ4v) is 2.48. The van der Waals surface area contributed by atoms with Crippen molar-refractivity contribution in [1.29, 1.82) is 0 Å². The van der Waals surface area contributed by atoms with E-state index in [0.717, 1.165) is 12.3 Å². The molecule has 0 aliphatic rings. The summed E-state index contributed by atoms with van der Waals surface area (Å²) in [6.07, 6.45) is 4.26. The maximum atomic E-state index is 5.25. The molecule has 1 atom stereocenters. The third-order valence-electron chi connectivity index (χ3n) is 2.40. The van der Waals surface area contributed by atoms with Crippen LogP contribution in [-0.2, 0) is 0 Å². The van der Waals surface area contributed by atoms with Crippen LogP contribution in [0, 0.1) is 6.92 Å². The molecule has 3 heteroatoms. The van der Waals surface area contributed by atoms with Gasteiger partial charge >= 0.3 is 0 Å². The van der Waals surface area contributed by atoms with Gasteiger partial charge in [-0.25, -0.2) is 0 Å². The van der Waals surface area contributed by atoms with Crippen LogP contribution in [0.4, 0.5) is 0 Å². The molecule has 15 heavy (non-hydrogen) atoms. The Hall–Kier alpha value is -0.410. The second-order valence-corrected chi connectivity index (χ2v) is 4.93. The van der Waals surface area contributed by atoms with Crippen molar-refractivity contribution in [3.05, 3.63) is 18.1 Å². The van der Waals surface area contributed by atoms with Gasteiger partial charge in [0, 0.05) is 10.9 Å². The third-order valence-corrected chi connectivity index (χ3v) is 3.63. The van der Waals surface area contributed by atoms with Crippen molar-refractivity contribution in [2.45, 2.75) is 44.6 Å². The van der Waals surface area contributed by atoms with Gasteiger partial charge in [0.2, 0.25) is 0 Å². The molecule has 0 amide bonds. The number of thioether (sulfide) groups is 1. The predicted octanol–water partition coefficient (Wildman–Crippen LogP) is 3.46. The van der Waals surface area contributed by atoms with E-state index >= 15 is 0 Å². The van der Waals surface area contributed by atoms with E-state index in [1.165, 1.54) is 23.5 Å². The fourth-order valence-electron chi connectivity index (χ4n) is 1.55. The molecule has 0 saturated carbocycles. The molecule has 0 fully saturated rings. The van der Waals surface area contributed by atoms with Crippen molar-refractivity contribution in [3.8, 4) is 0 Å². The zero-order chi connectivity index (χ0) is 11.1. The lowest BCUT2D eigenvalue weighted by Gasteiger charge is -2.11. The third kappa shape index (κ3) is 4.76. The van der Waals surface area contributed by atoms with Crippen LogP contribution >= 0.6 is 11.8 Å². The first-order valence-corrected chi connectivity index (χ1v) is 6.63. The topological polar surface area (TPSA) is 25.2 Å². The van der Waals surface area contributed by atoms with Gasteiger partial charge in [-0.1, -0.05) is 6.92 Å². The lowest BCUT2D eigenvalue weighted by Crippen LogP contribution is -2.25. The zero-order valence-corrected chi connectivity index (χ0v) is 10.7. The molecule has 0 spiro atoms. The molecule has 0 bridgehead atoms. The van der Waals surface area contributed by atoms with E-state index < -0.39 is 0 Å². The summed E-state index contributed by atoms with van der Waals surface area (Å²) in [5.41, 5.74) is 0. The number of nitrogens with one attached hydrogen (secondary N) is 1. The maximum Gasteiger partial charge on any atom is 0.114 e. The van der Waals surface area contributed by atoms with E-state index in [1.54, 1.807) is 6.26 Å². The Morgan fingerprint density at radius 2 is 2.33 bits per heavy atom. The van der Waals surface area contributed by atoms with Crippen LogP contribution in [0.25, 0.3) is 0 Å². The van der Waals surface area contributed by atoms with Crippen LogP contribution in [0.1, 0.15) is 32.4 Å². The summed E-state index contributed by atoms with van der Waals surface area (Å²) in [4.78, 5) is 1.28. The van der Waals surface area contributed by atoms with Crippen LogP contribution in [0.5, 0.6) is 0 Å². The van der Waals surface area contributed by atoms with Gasteiger partial charge in [-0.2, -0.15) is 0 Å². The Kier molecular flexibility index (Phi) is 5.88. The molecule has 1 aromatic heterocycles. The van der Waals surface area contributed by atoms with Crippen molar-refractivity contribution in [2.75, 3.05) is 12.3 Å². The van der Waals surface area contributed by atoms with Crippen LogP contribution in [-0.4, -0.2) is 18.3 Å². The molecule has 1 heterocycles. The molecular formula is C12H21NOS. The highest BCUT2D eigenvalue weighted by atomic mass is 32.2. The van der Waals surface area contributed by atoms with Crippen LogP contribution < -0.4 is 5.32 Å². The van der Waals surface area contributed by atoms with Crippen LogP contribution in [0.3, 0.4) is 0 Å². The van der Waals surface area contributed by atoms with Crippen LogP contribution in [0.15, 0.2) is 21.6 Å². The van der Waals surface area contributed by atoms with Gasteiger partial charge in [0.05, 0.1) is 6.26 Å². The van der Waals surface area contributed by atoms with E-state index in [2.05, 4.69) is 19.2 Å². The summed E-state index contributed by atoms with van der Waals surface area (Å²) in [7, 11) is 0. The molecule has 1 N–H and O–H groups in total. The molecule has 86 valence electrons.